The van der Waals surface area contributed by atoms with Crippen LogP contribution in [0.25, 0.3) is 20.3 Å². The number of carboxylic acids is 1. The SMILES string of the molecule is C=C.[C-]#[N+]\C(=C/C=C/C=C/c1cc2sc(N(C)c3ccccc3)cc2s1)C(=O)O. The maximum atomic E-state index is 10.7. The lowest BCUT2D eigenvalue weighted by atomic mass is 10.3. The van der Waals surface area contributed by atoms with Gasteiger partial charge in [-0.2, -0.15) is 0 Å². The molecular weight excluding hydrogens is 400 g/mol. The van der Waals surface area contributed by atoms with Crippen molar-refractivity contribution < 1.29 is 9.90 Å². The smallest absolute Gasteiger partial charge is 0.333 e. The molecule has 0 bridgehead atoms. The number of rotatable bonds is 6. The van der Waals surface area contributed by atoms with Crippen molar-refractivity contribution in [3.8, 4) is 0 Å². The van der Waals surface area contributed by atoms with E-state index in [0.717, 1.165) is 10.6 Å². The molecule has 4 nitrogen and oxygen atoms in total. The minimum absolute atomic E-state index is 0.300. The van der Waals surface area contributed by atoms with E-state index in [4.69, 9.17) is 11.7 Å². The number of aliphatic carboxylic acids is 1. The van der Waals surface area contributed by atoms with Gasteiger partial charge in [0.15, 0.2) is 0 Å². The standard InChI is InChI=1S/C21H16N2O2S2.C2H4/c1-22-17(21(24)25)12-8-4-7-11-16-13-18-19(26-16)14-20(27-18)23(2)15-9-5-3-6-10-15;1-2/h3-14H,2H3,(H,24,25);1-2H2/b8-4+,11-7+,17-12-;. The Kier molecular flexibility index (Phi) is 8.16. The topological polar surface area (TPSA) is 44.9 Å². The van der Waals surface area contributed by atoms with Gasteiger partial charge in [0.2, 0.25) is 0 Å². The van der Waals surface area contributed by atoms with Crippen LogP contribution in [0.15, 0.2) is 85.6 Å². The molecule has 3 aromatic rings. The molecular formula is C23H20N2O2S2. The minimum Gasteiger partial charge on any atom is -0.486 e. The summed E-state index contributed by atoms with van der Waals surface area (Å²) in [6, 6.07) is 14.6. The molecule has 2 heterocycles. The second-order valence-corrected chi connectivity index (χ2v) is 7.75. The van der Waals surface area contributed by atoms with Crippen LogP contribution >= 0.6 is 22.7 Å². The van der Waals surface area contributed by atoms with E-state index in [1.807, 2.05) is 30.4 Å². The summed E-state index contributed by atoms with van der Waals surface area (Å²) in [6.45, 7) is 12.8. The molecule has 0 unspecified atom stereocenters. The van der Waals surface area contributed by atoms with E-state index in [9.17, 15) is 4.79 Å². The molecule has 0 aliphatic rings. The number of hydrogen-bond donors (Lipinski definition) is 1. The molecule has 0 spiro atoms. The largest absolute Gasteiger partial charge is 0.486 e. The highest BCUT2D eigenvalue weighted by molar-refractivity contribution is 7.30. The van der Waals surface area contributed by atoms with E-state index in [0.29, 0.717) is 0 Å². The lowest BCUT2D eigenvalue weighted by Crippen LogP contribution is -2.06. The Morgan fingerprint density at radius 3 is 2.41 bits per heavy atom. The van der Waals surface area contributed by atoms with Crippen LogP contribution in [0.3, 0.4) is 0 Å². The molecule has 0 saturated heterocycles. The van der Waals surface area contributed by atoms with Crippen LogP contribution in [0.5, 0.6) is 0 Å². The minimum atomic E-state index is -1.21. The van der Waals surface area contributed by atoms with E-state index < -0.39 is 5.97 Å². The zero-order valence-electron chi connectivity index (χ0n) is 15.9. The van der Waals surface area contributed by atoms with Crippen molar-refractivity contribution in [1.82, 2.24) is 0 Å². The first-order chi connectivity index (χ1) is 14.1. The monoisotopic (exact) mass is 420 g/mol. The molecule has 2 aromatic heterocycles. The maximum absolute atomic E-state index is 10.7. The number of carbonyl (C=O) groups is 1. The molecule has 0 fully saturated rings. The Morgan fingerprint density at radius 2 is 1.79 bits per heavy atom. The van der Waals surface area contributed by atoms with Crippen molar-refractivity contribution in [2.75, 3.05) is 11.9 Å². The molecule has 1 N–H and O–H groups in total. The normalized spacial score (nSPS) is 11.4. The van der Waals surface area contributed by atoms with Crippen LogP contribution in [0.4, 0.5) is 10.7 Å². The first kappa shape index (κ1) is 21.9. The molecule has 3 rings (SSSR count). The van der Waals surface area contributed by atoms with Gasteiger partial charge in [0.1, 0.15) is 0 Å². The maximum Gasteiger partial charge on any atom is 0.333 e. The zero-order valence-corrected chi connectivity index (χ0v) is 17.5. The second-order valence-electron chi connectivity index (χ2n) is 5.57. The van der Waals surface area contributed by atoms with Crippen molar-refractivity contribution in [2.24, 2.45) is 0 Å². The van der Waals surface area contributed by atoms with Gasteiger partial charge >= 0.3 is 5.97 Å². The summed E-state index contributed by atoms with van der Waals surface area (Å²) in [5.74, 6) is -1.21. The summed E-state index contributed by atoms with van der Waals surface area (Å²) in [4.78, 5) is 17.0. The fourth-order valence-corrected chi connectivity index (χ4v) is 4.68. The van der Waals surface area contributed by atoms with Gasteiger partial charge in [0.25, 0.3) is 5.70 Å². The Morgan fingerprint density at radius 1 is 1.10 bits per heavy atom. The molecule has 146 valence electrons. The van der Waals surface area contributed by atoms with Crippen LogP contribution in [-0.4, -0.2) is 18.1 Å². The van der Waals surface area contributed by atoms with Crippen molar-refractivity contribution in [1.29, 1.82) is 0 Å². The number of para-hydroxylation sites is 1. The molecule has 0 amide bonds. The van der Waals surface area contributed by atoms with Gasteiger partial charge in [-0.15, -0.1) is 35.8 Å². The Bertz CT molecular complexity index is 1070. The fourth-order valence-electron chi connectivity index (χ4n) is 2.39. The summed E-state index contributed by atoms with van der Waals surface area (Å²) in [5.41, 5.74) is 0.858. The molecule has 6 heteroatoms. The highest BCUT2D eigenvalue weighted by Gasteiger charge is 2.10. The van der Waals surface area contributed by atoms with Gasteiger partial charge in [-0.3, -0.25) is 4.79 Å². The predicted molar refractivity (Wildman–Crippen MR) is 126 cm³/mol. The van der Waals surface area contributed by atoms with Crippen LogP contribution in [-0.2, 0) is 4.79 Å². The first-order valence-electron chi connectivity index (χ1n) is 8.56. The van der Waals surface area contributed by atoms with Crippen LogP contribution in [0, 0.1) is 6.57 Å². The van der Waals surface area contributed by atoms with E-state index in [1.54, 1.807) is 34.8 Å². The quantitative estimate of drug-likeness (QED) is 0.202. The van der Waals surface area contributed by atoms with Crippen LogP contribution in [0.1, 0.15) is 4.88 Å². The van der Waals surface area contributed by atoms with E-state index in [1.165, 1.54) is 20.5 Å². The number of carboxylic acid groups (broad SMARTS) is 1. The molecule has 0 aliphatic heterocycles. The third-order valence-corrected chi connectivity index (χ3v) is 6.10. The number of thiophene rings is 2. The highest BCUT2D eigenvalue weighted by atomic mass is 32.1. The average Bonchev–Trinajstić information content (AvgIpc) is 3.31. The summed E-state index contributed by atoms with van der Waals surface area (Å²) < 4.78 is 2.48. The molecule has 1 aromatic carbocycles. The van der Waals surface area contributed by atoms with Crippen molar-refractivity contribution >= 4 is 54.8 Å². The van der Waals surface area contributed by atoms with Crippen LogP contribution in [0.2, 0.25) is 0 Å². The number of anilines is 2. The van der Waals surface area contributed by atoms with Gasteiger partial charge in [-0.1, -0.05) is 36.4 Å². The van der Waals surface area contributed by atoms with Gasteiger partial charge in [0.05, 0.1) is 11.6 Å². The molecule has 0 radical (unpaired) electrons. The first-order valence-corrected chi connectivity index (χ1v) is 10.2. The second kappa shape index (κ2) is 10.8. The Balaban J connectivity index is 0.00000145. The van der Waals surface area contributed by atoms with Crippen LogP contribution < -0.4 is 4.90 Å². The van der Waals surface area contributed by atoms with Gasteiger partial charge in [0, 0.05) is 27.0 Å². The summed E-state index contributed by atoms with van der Waals surface area (Å²) in [5, 5.41) is 9.96. The molecule has 0 saturated carbocycles. The number of benzene rings is 1. The van der Waals surface area contributed by atoms with Gasteiger partial charge in [-0.25, -0.2) is 4.85 Å². The van der Waals surface area contributed by atoms with Gasteiger partial charge in [-0.05, 0) is 36.4 Å². The van der Waals surface area contributed by atoms with Gasteiger partial charge < -0.3 is 10.0 Å². The summed E-state index contributed by atoms with van der Waals surface area (Å²) in [6.07, 6.45) is 8.38. The number of hydrogen-bond acceptors (Lipinski definition) is 4. The summed E-state index contributed by atoms with van der Waals surface area (Å²) in [7, 11) is 2.07. The van der Waals surface area contributed by atoms with Crippen molar-refractivity contribution in [3.05, 3.63) is 102 Å². The number of fused-ring (bicyclic) bond motifs is 1. The highest BCUT2D eigenvalue weighted by Crippen LogP contribution is 2.40. The van der Waals surface area contributed by atoms with E-state index in [-0.39, 0.29) is 5.70 Å². The van der Waals surface area contributed by atoms with E-state index in [2.05, 4.69) is 54.2 Å². The fraction of sp³-hybridized carbons (Fsp3) is 0.0435. The van der Waals surface area contributed by atoms with Crippen molar-refractivity contribution in [3.63, 3.8) is 0 Å². The number of nitrogens with zero attached hydrogens (tertiary/aromatic N) is 2. The summed E-state index contributed by atoms with van der Waals surface area (Å²) >= 11 is 3.46. The third-order valence-electron chi connectivity index (χ3n) is 3.76. The van der Waals surface area contributed by atoms with Crippen molar-refractivity contribution in [2.45, 2.75) is 0 Å². The number of allylic oxidation sites excluding steroid dienone is 4. The lowest BCUT2D eigenvalue weighted by molar-refractivity contribution is -0.132. The molecule has 0 atom stereocenters. The third kappa shape index (κ3) is 5.79. The predicted octanol–water partition coefficient (Wildman–Crippen LogP) is 6.99. The molecule has 0 aliphatic carbocycles. The lowest BCUT2D eigenvalue weighted by Gasteiger charge is -2.16. The zero-order chi connectivity index (χ0) is 21.2. The average molecular weight is 421 g/mol. The molecule has 29 heavy (non-hydrogen) atoms. The Labute approximate surface area is 178 Å². The van der Waals surface area contributed by atoms with E-state index >= 15 is 0 Å². The Hall–Kier alpha value is -3.40.